The van der Waals surface area contributed by atoms with E-state index in [1.54, 1.807) is 0 Å². The molecule has 264 valence electrons. The van der Waals surface area contributed by atoms with Crippen molar-refractivity contribution in [2.45, 2.75) is 50.4 Å². The molecule has 5 aliphatic carbocycles. The maximum Gasteiger partial charge on any atom is 0.0719 e. The van der Waals surface area contributed by atoms with E-state index in [1.807, 2.05) is 0 Å². The molecule has 0 fully saturated rings. The van der Waals surface area contributed by atoms with E-state index in [-0.39, 0.29) is 5.41 Å². The third kappa shape index (κ3) is 4.47. The van der Waals surface area contributed by atoms with Crippen LogP contribution in [0.15, 0.2) is 176 Å². The van der Waals surface area contributed by atoms with Crippen LogP contribution in [-0.4, -0.2) is 0 Å². The zero-order valence-corrected chi connectivity index (χ0v) is 31.6. The van der Waals surface area contributed by atoms with Crippen molar-refractivity contribution in [3.63, 3.8) is 0 Å². The lowest BCUT2D eigenvalue weighted by atomic mass is 9.61. The molecule has 0 heterocycles. The molecule has 0 radical (unpaired) electrons. The molecule has 0 saturated heterocycles. The fraction of sp³-hybridized carbons (Fsp3) is 0.148. The molecule has 6 aromatic carbocycles. The van der Waals surface area contributed by atoms with Crippen LogP contribution in [0.1, 0.15) is 82.3 Å². The van der Waals surface area contributed by atoms with Gasteiger partial charge in [0.05, 0.1) is 11.1 Å². The first kappa shape index (κ1) is 32.3. The third-order valence-electron chi connectivity index (χ3n) is 13.2. The summed E-state index contributed by atoms with van der Waals surface area (Å²) in [4.78, 5) is 2.54. The standard InChI is InChI=1S/C54H43N/c1-35-16-5-4-6-17-36-19-15-27-51(52(35)36)55(40-30-31-44-41-20-8-12-24-46(41)53(2,3)50(44)34-40)39-29-28-38-32-37-18-7-11-23-45(37)54(49(38)33-39)47-25-13-9-21-42(47)43-22-10-14-26-48(43)54/h4-7,9-16,18-19,21-31,33-34H,1,8,17,20,32H2,2-3H3/b6-4-,16-5-. The van der Waals surface area contributed by atoms with Crippen molar-refractivity contribution in [3.05, 3.63) is 232 Å². The topological polar surface area (TPSA) is 3.24 Å². The lowest BCUT2D eigenvalue weighted by Crippen LogP contribution is -2.34. The summed E-state index contributed by atoms with van der Waals surface area (Å²) in [5, 5.41) is 0. The molecule has 1 spiro atoms. The Morgan fingerprint density at radius 1 is 0.564 bits per heavy atom. The van der Waals surface area contributed by atoms with E-state index in [1.165, 1.54) is 83.6 Å². The highest BCUT2D eigenvalue weighted by Crippen LogP contribution is 2.60. The number of allylic oxidation sites excluding steroid dienone is 9. The Hall–Kier alpha value is -6.18. The summed E-state index contributed by atoms with van der Waals surface area (Å²) in [6, 6.07) is 48.8. The van der Waals surface area contributed by atoms with E-state index in [0.717, 1.165) is 42.6 Å². The number of rotatable bonds is 3. The highest BCUT2D eigenvalue weighted by atomic mass is 15.1. The van der Waals surface area contributed by atoms with Gasteiger partial charge in [0.2, 0.25) is 0 Å². The molecule has 0 aromatic heterocycles. The number of nitrogens with zero attached hydrogens (tertiary/aromatic N) is 1. The van der Waals surface area contributed by atoms with Gasteiger partial charge >= 0.3 is 0 Å². The molecule has 55 heavy (non-hydrogen) atoms. The smallest absolute Gasteiger partial charge is 0.0719 e. The Bertz CT molecular complexity index is 2720. The average molecular weight is 706 g/mol. The molecule has 0 bridgehead atoms. The van der Waals surface area contributed by atoms with Gasteiger partial charge in [-0.15, -0.1) is 0 Å². The van der Waals surface area contributed by atoms with Crippen molar-refractivity contribution in [1.82, 2.24) is 0 Å². The van der Waals surface area contributed by atoms with Crippen molar-refractivity contribution in [3.8, 4) is 11.1 Å². The van der Waals surface area contributed by atoms with E-state index in [9.17, 15) is 0 Å². The normalized spacial score (nSPS) is 18.5. The highest BCUT2D eigenvalue weighted by molar-refractivity contribution is 5.93. The first-order valence-corrected chi connectivity index (χ1v) is 19.9. The fourth-order valence-corrected chi connectivity index (χ4v) is 10.8. The summed E-state index contributed by atoms with van der Waals surface area (Å²) in [6.07, 6.45) is 17.4. The van der Waals surface area contributed by atoms with Crippen LogP contribution < -0.4 is 4.90 Å². The minimum atomic E-state index is -0.434. The Balaban J connectivity index is 1.19. The molecule has 1 nitrogen and oxygen atoms in total. The molecular formula is C54H43N. The number of hydrogen-bond donors (Lipinski definition) is 0. The molecular weight excluding hydrogens is 663 g/mol. The first-order valence-electron chi connectivity index (χ1n) is 19.9. The quantitative estimate of drug-likeness (QED) is 0.177. The van der Waals surface area contributed by atoms with Crippen molar-refractivity contribution in [2.75, 3.05) is 4.90 Å². The molecule has 5 aliphatic rings. The lowest BCUT2D eigenvalue weighted by molar-refractivity contribution is 0.651. The number of fused-ring (bicyclic) bond motifs is 12. The van der Waals surface area contributed by atoms with Crippen molar-refractivity contribution in [2.24, 2.45) is 0 Å². The highest BCUT2D eigenvalue weighted by Gasteiger charge is 2.50. The molecule has 6 aromatic rings. The molecule has 0 unspecified atom stereocenters. The molecule has 0 saturated carbocycles. The van der Waals surface area contributed by atoms with Gasteiger partial charge in [-0.25, -0.2) is 0 Å². The van der Waals surface area contributed by atoms with Crippen LogP contribution in [0, 0.1) is 0 Å². The molecule has 11 rings (SSSR count). The summed E-state index contributed by atoms with van der Waals surface area (Å²) in [5.41, 5.74) is 23.3. The van der Waals surface area contributed by atoms with Gasteiger partial charge in [0, 0.05) is 22.4 Å². The second-order valence-corrected chi connectivity index (χ2v) is 16.4. The average Bonchev–Trinajstić information content (AvgIpc) is 3.63. The van der Waals surface area contributed by atoms with Crippen molar-refractivity contribution in [1.29, 1.82) is 0 Å². The van der Waals surface area contributed by atoms with Gasteiger partial charge in [-0.1, -0.05) is 154 Å². The van der Waals surface area contributed by atoms with E-state index in [2.05, 4.69) is 189 Å². The molecule has 0 atom stereocenters. The zero-order chi connectivity index (χ0) is 36.9. The largest absolute Gasteiger partial charge is 0.310 e. The van der Waals surface area contributed by atoms with Gasteiger partial charge in [-0.3, -0.25) is 0 Å². The summed E-state index contributed by atoms with van der Waals surface area (Å²) >= 11 is 0. The van der Waals surface area contributed by atoms with Crippen molar-refractivity contribution < 1.29 is 0 Å². The predicted molar refractivity (Wildman–Crippen MR) is 231 cm³/mol. The Morgan fingerprint density at radius 3 is 2.04 bits per heavy atom. The van der Waals surface area contributed by atoms with Gasteiger partial charge in [0.1, 0.15) is 0 Å². The zero-order valence-electron chi connectivity index (χ0n) is 31.6. The minimum Gasteiger partial charge on any atom is -0.310 e. The summed E-state index contributed by atoms with van der Waals surface area (Å²) in [7, 11) is 0. The summed E-state index contributed by atoms with van der Waals surface area (Å²) < 4.78 is 0. The van der Waals surface area contributed by atoms with E-state index < -0.39 is 5.41 Å². The number of benzene rings is 6. The Kier molecular flexibility index (Phi) is 6.99. The number of anilines is 3. The van der Waals surface area contributed by atoms with E-state index >= 15 is 0 Å². The maximum atomic E-state index is 4.66. The first-order chi connectivity index (χ1) is 27.0. The number of hydrogen-bond acceptors (Lipinski definition) is 1. The second-order valence-electron chi connectivity index (χ2n) is 16.4. The third-order valence-corrected chi connectivity index (χ3v) is 13.2. The molecule has 0 N–H and O–H groups in total. The van der Waals surface area contributed by atoms with Gasteiger partial charge in [-0.2, -0.15) is 0 Å². The predicted octanol–water partition coefficient (Wildman–Crippen LogP) is 13.5. The van der Waals surface area contributed by atoms with E-state index in [4.69, 9.17) is 0 Å². The van der Waals surface area contributed by atoms with Crippen LogP contribution >= 0.6 is 0 Å². The van der Waals surface area contributed by atoms with Gasteiger partial charge in [-0.05, 0) is 134 Å². The SMILES string of the molecule is C=C1/C=C\C=C/Cc2cccc(N(c3ccc4c(c3)C(C)(C)C3=C4CCC=C3)c3ccc4c(c3)C3(c5ccccc5C4)c4ccccc4-c4ccccc43)c21. The van der Waals surface area contributed by atoms with Gasteiger partial charge in [0.25, 0.3) is 0 Å². The Morgan fingerprint density at radius 2 is 1.24 bits per heavy atom. The van der Waals surface area contributed by atoms with Gasteiger partial charge in [0.15, 0.2) is 0 Å². The minimum absolute atomic E-state index is 0.0766. The molecule has 1 heteroatoms. The van der Waals surface area contributed by atoms with Crippen LogP contribution in [0.25, 0.3) is 22.3 Å². The van der Waals surface area contributed by atoms with Crippen LogP contribution in [0.3, 0.4) is 0 Å². The van der Waals surface area contributed by atoms with Crippen molar-refractivity contribution >= 4 is 28.2 Å². The molecule has 0 aliphatic heterocycles. The van der Waals surface area contributed by atoms with E-state index in [0.29, 0.717) is 0 Å². The maximum absolute atomic E-state index is 4.66. The summed E-state index contributed by atoms with van der Waals surface area (Å²) in [6.45, 7) is 9.47. The molecule has 0 amide bonds. The second kappa shape index (κ2) is 11.9. The van der Waals surface area contributed by atoms with Crippen LogP contribution in [0.4, 0.5) is 17.1 Å². The van der Waals surface area contributed by atoms with Crippen LogP contribution in [0.5, 0.6) is 0 Å². The van der Waals surface area contributed by atoms with Crippen LogP contribution in [0.2, 0.25) is 0 Å². The lowest BCUT2D eigenvalue weighted by Gasteiger charge is -2.41. The monoisotopic (exact) mass is 705 g/mol. The summed E-state index contributed by atoms with van der Waals surface area (Å²) in [5.74, 6) is 0. The fourth-order valence-electron chi connectivity index (χ4n) is 10.8. The van der Waals surface area contributed by atoms with Crippen LogP contribution in [-0.2, 0) is 23.7 Å². The Labute approximate surface area is 325 Å². The van der Waals surface area contributed by atoms with Gasteiger partial charge < -0.3 is 4.90 Å².